The highest BCUT2D eigenvalue weighted by Gasteiger charge is 2.38. The zero-order chi connectivity index (χ0) is 13.2. The molecular formula is C14H13N3O2. The number of carboxylic acids is 1. The van der Waals surface area contributed by atoms with E-state index in [1.54, 1.807) is 0 Å². The van der Waals surface area contributed by atoms with Crippen LogP contribution in [0.15, 0.2) is 42.7 Å². The Bertz CT molecular complexity index is 583. The SMILES string of the molecule is O=C(O)c1cnc(N[C@H]2C[C@@H]2c2ccccc2)cn1. The molecule has 0 saturated heterocycles. The molecule has 1 fully saturated rings. The minimum absolute atomic E-state index is 0.0408. The second-order valence-corrected chi connectivity index (χ2v) is 4.60. The van der Waals surface area contributed by atoms with Crippen molar-refractivity contribution in [1.82, 2.24) is 9.97 Å². The Hall–Kier alpha value is -2.43. The molecule has 1 saturated carbocycles. The highest BCUT2D eigenvalue weighted by Crippen LogP contribution is 2.42. The van der Waals surface area contributed by atoms with Crippen molar-refractivity contribution in [1.29, 1.82) is 0 Å². The van der Waals surface area contributed by atoms with E-state index >= 15 is 0 Å². The molecule has 1 aliphatic rings. The van der Waals surface area contributed by atoms with E-state index < -0.39 is 5.97 Å². The Morgan fingerprint density at radius 1 is 1.21 bits per heavy atom. The standard InChI is InChI=1S/C14H13N3O2/c18-14(19)12-7-16-13(8-15-12)17-11-6-10(11)9-4-2-1-3-5-9/h1-5,7-8,10-11H,6H2,(H,16,17)(H,18,19)/t10-,11+/m1/s1. The summed E-state index contributed by atoms with van der Waals surface area (Å²) in [5, 5.41) is 12.0. The fraction of sp³-hybridized carbons (Fsp3) is 0.214. The number of carboxylic acid groups (broad SMARTS) is 1. The van der Waals surface area contributed by atoms with Gasteiger partial charge in [0, 0.05) is 12.0 Å². The van der Waals surface area contributed by atoms with Gasteiger partial charge in [-0.15, -0.1) is 0 Å². The number of benzene rings is 1. The minimum Gasteiger partial charge on any atom is -0.476 e. The number of carbonyl (C=O) groups is 1. The number of aromatic nitrogens is 2. The molecule has 1 aromatic carbocycles. The fourth-order valence-corrected chi connectivity index (χ4v) is 2.13. The van der Waals surface area contributed by atoms with Gasteiger partial charge in [-0.1, -0.05) is 30.3 Å². The van der Waals surface area contributed by atoms with E-state index in [9.17, 15) is 4.79 Å². The van der Waals surface area contributed by atoms with Crippen LogP contribution in [-0.2, 0) is 0 Å². The van der Waals surface area contributed by atoms with Crippen LogP contribution < -0.4 is 5.32 Å². The van der Waals surface area contributed by atoms with Crippen molar-refractivity contribution in [2.24, 2.45) is 0 Å². The molecule has 1 aromatic heterocycles. The van der Waals surface area contributed by atoms with Crippen LogP contribution in [-0.4, -0.2) is 27.1 Å². The number of hydrogen-bond acceptors (Lipinski definition) is 4. The maximum Gasteiger partial charge on any atom is 0.356 e. The smallest absolute Gasteiger partial charge is 0.356 e. The molecule has 0 amide bonds. The molecule has 0 spiro atoms. The summed E-state index contributed by atoms with van der Waals surface area (Å²) in [4.78, 5) is 18.5. The van der Waals surface area contributed by atoms with Crippen LogP contribution in [0.3, 0.4) is 0 Å². The lowest BCUT2D eigenvalue weighted by molar-refractivity contribution is 0.0690. The van der Waals surface area contributed by atoms with Crippen molar-refractivity contribution in [2.75, 3.05) is 5.32 Å². The van der Waals surface area contributed by atoms with Gasteiger partial charge in [-0.3, -0.25) is 0 Å². The predicted octanol–water partition coefficient (Wildman–Crippen LogP) is 2.14. The topological polar surface area (TPSA) is 75.1 Å². The fourth-order valence-electron chi connectivity index (χ4n) is 2.13. The van der Waals surface area contributed by atoms with E-state index in [2.05, 4.69) is 27.4 Å². The first-order valence-electron chi connectivity index (χ1n) is 6.11. The van der Waals surface area contributed by atoms with Gasteiger partial charge in [0.05, 0.1) is 12.4 Å². The highest BCUT2D eigenvalue weighted by atomic mass is 16.4. The molecule has 3 rings (SSSR count). The first-order valence-corrected chi connectivity index (χ1v) is 6.11. The average molecular weight is 255 g/mol. The van der Waals surface area contributed by atoms with Crippen molar-refractivity contribution in [3.05, 3.63) is 54.0 Å². The van der Waals surface area contributed by atoms with Crippen LogP contribution in [0.2, 0.25) is 0 Å². The Morgan fingerprint density at radius 3 is 2.63 bits per heavy atom. The number of nitrogens with one attached hydrogen (secondary N) is 1. The highest BCUT2D eigenvalue weighted by molar-refractivity contribution is 5.84. The second kappa shape index (κ2) is 4.68. The van der Waals surface area contributed by atoms with E-state index in [1.165, 1.54) is 18.0 Å². The van der Waals surface area contributed by atoms with Gasteiger partial charge in [-0.25, -0.2) is 14.8 Å². The second-order valence-electron chi connectivity index (χ2n) is 4.60. The number of rotatable bonds is 4. The monoisotopic (exact) mass is 255 g/mol. The van der Waals surface area contributed by atoms with Crippen LogP contribution in [0, 0.1) is 0 Å². The molecule has 2 atom stereocenters. The van der Waals surface area contributed by atoms with Crippen molar-refractivity contribution in [3.63, 3.8) is 0 Å². The van der Waals surface area contributed by atoms with Gasteiger partial charge in [0.15, 0.2) is 5.69 Å². The van der Waals surface area contributed by atoms with Gasteiger partial charge in [0.2, 0.25) is 0 Å². The van der Waals surface area contributed by atoms with E-state index in [1.807, 2.05) is 18.2 Å². The molecule has 1 heterocycles. The molecule has 19 heavy (non-hydrogen) atoms. The maximum atomic E-state index is 10.7. The normalized spacial score (nSPS) is 20.8. The molecule has 96 valence electrons. The quantitative estimate of drug-likeness (QED) is 0.875. The summed E-state index contributed by atoms with van der Waals surface area (Å²) >= 11 is 0. The van der Waals surface area contributed by atoms with Gasteiger partial charge in [0.25, 0.3) is 0 Å². The zero-order valence-corrected chi connectivity index (χ0v) is 10.2. The van der Waals surface area contributed by atoms with E-state index in [-0.39, 0.29) is 5.69 Å². The van der Waals surface area contributed by atoms with Crippen LogP contribution in [0.4, 0.5) is 5.82 Å². The summed E-state index contributed by atoms with van der Waals surface area (Å²) in [6.07, 6.45) is 3.79. The molecule has 2 N–H and O–H groups in total. The van der Waals surface area contributed by atoms with Crippen molar-refractivity contribution in [2.45, 2.75) is 18.4 Å². The predicted molar refractivity (Wildman–Crippen MR) is 70.2 cm³/mol. The average Bonchev–Trinajstić information content (AvgIpc) is 3.20. The molecule has 2 aromatic rings. The van der Waals surface area contributed by atoms with Crippen LogP contribution in [0.25, 0.3) is 0 Å². The van der Waals surface area contributed by atoms with Gasteiger partial charge in [-0.2, -0.15) is 0 Å². The summed E-state index contributed by atoms with van der Waals surface area (Å²) in [7, 11) is 0. The van der Waals surface area contributed by atoms with E-state index in [4.69, 9.17) is 5.11 Å². The Morgan fingerprint density at radius 2 is 2.00 bits per heavy atom. The Kier molecular flexibility index (Phi) is 2.87. The lowest BCUT2D eigenvalue weighted by atomic mass is 10.1. The molecule has 0 bridgehead atoms. The summed E-state index contributed by atoms with van der Waals surface area (Å²) in [5.41, 5.74) is 1.27. The number of nitrogens with zero attached hydrogens (tertiary/aromatic N) is 2. The molecule has 5 nitrogen and oxygen atoms in total. The first-order chi connectivity index (χ1) is 9.24. The largest absolute Gasteiger partial charge is 0.476 e. The van der Waals surface area contributed by atoms with Gasteiger partial charge < -0.3 is 10.4 Å². The molecule has 0 unspecified atom stereocenters. The Labute approximate surface area is 110 Å². The summed E-state index contributed by atoms with van der Waals surface area (Å²) in [6.45, 7) is 0. The zero-order valence-electron chi connectivity index (χ0n) is 10.2. The number of aromatic carboxylic acids is 1. The van der Waals surface area contributed by atoms with Gasteiger partial charge >= 0.3 is 5.97 Å². The van der Waals surface area contributed by atoms with Crippen molar-refractivity contribution in [3.8, 4) is 0 Å². The summed E-state index contributed by atoms with van der Waals surface area (Å²) < 4.78 is 0. The third-order valence-corrected chi connectivity index (χ3v) is 3.22. The van der Waals surface area contributed by atoms with Crippen LogP contribution in [0.1, 0.15) is 28.4 Å². The first kappa shape index (κ1) is 11.6. The molecule has 5 heteroatoms. The van der Waals surface area contributed by atoms with E-state index in [0.29, 0.717) is 17.8 Å². The van der Waals surface area contributed by atoms with E-state index in [0.717, 1.165) is 6.42 Å². The van der Waals surface area contributed by atoms with Crippen LogP contribution in [0.5, 0.6) is 0 Å². The maximum absolute atomic E-state index is 10.7. The van der Waals surface area contributed by atoms with Crippen LogP contribution >= 0.6 is 0 Å². The molecule has 1 aliphatic carbocycles. The minimum atomic E-state index is -1.06. The molecule has 0 radical (unpaired) electrons. The lowest BCUT2D eigenvalue weighted by Crippen LogP contribution is -2.08. The summed E-state index contributed by atoms with van der Waals surface area (Å²) in [5.74, 6) is 0.0585. The summed E-state index contributed by atoms with van der Waals surface area (Å²) in [6, 6.07) is 10.7. The molecule has 0 aliphatic heterocycles. The number of anilines is 1. The van der Waals surface area contributed by atoms with Crippen molar-refractivity contribution < 1.29 is 9.90 Å². The Balaban J connectivity index is 1.63. The lowest BCUT2D eigenvalue weighted by Gasteiger charge is -2.04. The molecular weight excluding hydrogens is 242 g/mol. The number of hydrogen-bond donors (Lipinski definition) is 2. The third-order valence-electron chi connectivity index (χ3n) is 3.22. The van der Waals surface area contributed by atoms with Gasteiger partial charge in [0.1, 0.15) is 5.82 Å². The third kappa shape index (κ3) is 2.54. The van der Waals surface area contributed by atoms with Gasteiger partial charge in [-0.05, 0) is 12.0 Å². The van der Waals surface area contributed by atoms with Crippen molar-refractivity contribution >= 4 is 11.8 Å².